The maximum absolute atomic E-state index is 12.8. The van der Waals surface area contributed by atoms with Gasteiger partial charge in [0, 0.05) is 6.20 Å². The maximum atomic E-state index is 12.8. The Bertz CT molecular complexity index is 824. The van der Waals surface area contributed by atoms with Crippen molar-refractivity contribution in [1.82, 2.24) is 4.98 Å². The molecule has 0 bridgehead atoms. The van der Waals surface area contributed by atoms with Gasteiger partial charge in [0.15, 0.2) is 0 Å². The number of anilines is 1. The molecule has 3 aromatic rings. The van der Waals surface area contributed by atoms with E-state index in [2.05, 4.69) is 10.3 Å². The molecule has 1 aromatic heterocycles. The number of nitrogens with zero attached hydrogens (tertiary/aromatic N) is 1. The summed E-state index contributed by atoms with van der Waals surface area (Å²) < 4.78 is 37.9. The van der Waals surface area contributed by atoms with Crippen LogP contribution in [0, 0.1) is 0 Å². The maximum Gasteiger partial charge on any atom is 0.417 e. The highest BCUT2D eigenvalue weighted by Crippen LogP contribution is 2.29. The second-order valence-electron chi connectivity index (χ2n) is 5.67. The first-order chi connectivity index (χ1) is 12.4. The van der Waals surface area contributed by atoms with Crippen LogP contribution in [0.1, 0.15) is 22.6 Å². The highest BCUT2D eigenvalue weighted by Gasteiger charge is 2.31. The first-order valence-electron chi connectivity index (χ1n) is 7.89. The van der Waals surface area contributed by atoms with Crippen LogP contribution in [0.3, 0.4) is 0 Å². The summed E-state index contributed by atoms with van der Waals surface area (Å²) in [5.74, 6) is -0.893. The van der Waals surface area contributed by atoms with Gasteiger partial charge < -0.3 is 5.32 Å². The van der Waals surface area contributed by atoms with Gasteiger partial charge in [-0.3, -0.25) is 4.79 Å². The van der Waals surface area contributed by atoms with Crippen molar-refractivity contribution in [2.24, 2.45) is 0 Å². The van der Waals surface area contributed by atoms with Gasteiger partial charge in [-0.05, 0) is 23.3 Å². The molecule has 1 heterocycles. The lowest BCUT2D eigenvalue weighted by Crippen LogP contribution is -2.22. The molecular weight excluding hydrogens is 341 g/mol. The number of benzene rings is 2. The number of aromatic nitrogens is 1. The van der Waals surface area contributed by atoms with E-state index in [0.29, 0.717) is 6.20 Å². The normalized spacial score (nSPS) is 11.4. The number of nitrogens with one attached hydrogen (secondary N) is 1. The number of pyridine rings is 1. The number of carbonyl (C=O) groups is 1. The highest BCUT2D eigenvalue weighted by molar-refractivity contribution is 5.97. The van der Waals surface area contributed by atoms with E-state index in [1.54, 1.807) is 0 Å². The first kappa shape index (κ1) is 17.7. The van der Waals surface area contributed by atoms with Gasteiger partial charge in [-0.1, -0.05) is 60.7 Å². The Hall–Kier alpha value is -3.15. The average molecular weight is 356 g/mol. The van der Waals surface area contributed by atoms with Crippen LogP contribution in [0.25, 0.3) is 0 Å². The SMILES string of the molecule is O=C(Nc1ccc(C(F)(F)F)cn1)C(c1ccccc1)c1ccccc1. The molecule has 0 spiro atoms. The lowest BCUT2D eigenvalue weighted by molar-refractivity contribution is -0.137. The predicted octanol–water partition coefficient (Wildman–Crippen LogP) is 4.87. The van der Waals surface area contributed by atoms with Crippen molar-refractivity contribution in [3.05, 3.63) is 95.7 Å². The quantitative estimate of drug-likeness (QED) is 0.725. The predicted molar refractivity (Wildman–Crippen MR) is 92.6 cm³/mol. The van der Waals surface area contributed by atoms with Gasteiger partial charge in [0.2, 0.25) is 5.91 Å². The molecule has 0 aliphatic carbocycles. The Labute approximate surface area is 148 Å². The summed E-state index contributed by atoms with van der Waals surface area (Å²) in [5, 5.41) is 2.60. The zero-order chi connectivity index (χ0) is 18.6. The van der Waals surface area contributed by atoms with Crippen LogP contribution in [-0.4, -0.2) is 10.9 Å². The van der Waals surface area contributed by atoms with Crippen molar-refractivity contribution in [3.8, 4) is 0 Å². The summed E-state index contributed by atoms with van der Waals surface area (Å²) in [4.78, 5) is 16.5. The molecule has 2 aromatic carbocycles. The Morgan fingerprint density at radius 3 is 1.81 bits per heavy atom. The molecule has 3 rings (SSSR count). The molecule has 0 unspecified atom stereocenters. The zero-order valence-electron chi connectivity index (χ0n) is 13.6. The van der Waals surface area contributed by atoms with Crippen molar-refractivity contribution in [3.63, 3.8) is 0 Å². The molecule has 0 fully saturated rings. The lowest BCUT2D eigenvalue weighted by atomic mass is 9.90. The summed E-state index contributed by atoms with van der Waals surface area (Å²) >= 11 is 0. The van der Waals surface area contributed by atoms with Crippen LogP contribution in [0.4, 0.5) is 19.0 Å². The van der Waals surface area contributed by atoms with Crippen LogP contribution >= 0.6 is 0 Å². The fourth-order valence-corrected chi connectivity index (χ4v) is 2.62. The van der Waals surface area contributed by atoms with Crippen LogP contribution < -0.4 is 5.32 Å². The third-order valence-corrected chi connectivity index (χ3v) is 3.87. The second kappa shape index (κ2) is 7.39. The van der Waals surface area contributed by atoms with Gasteiger partial charge in [-0.25, -0.2) is 4.98 Å². The minimum Gasteiger partial charge on any atom is -0.310 e. The lowest BCUT2D eigenvalue weighted by Gasteiger charge is -2.17. The van der Waals surface area contributed by atoms with Crippen LogP contribution in [0.2, 0.25) is 0 Å². The molecule has 132 valence electrons. The molecule has 0 saturated carbocycles. The van der Waals surface area contributed by atoms with E-state index in [1.807, 2.05) is 60.7 Å². The van der Waals surface area contributed by atoms with Gasteiger partial charge in [-0.15, -0.1) is 0 Å². The molecule has 6 heteroatoms. The van der Waals surface area contributed by atoms with Crippen LogP contribution in [0.5, 0.6) is 0 Å². The molecular formula is C20H15F3N2O. The number of carbonyl (C=O) groups excluding carboxylic acids is 1. The van der Waals surface area contributed by atoms with Gasteiger partial charge in [-0.2, -0.15) is 13.2 Å². The monoisotopic (exact) mass is 356 g/mol. The van der Waals surface area contributed by atoms with Crippen molar-refractivity contribution in [2.45, 2.75) is 12.1 Å². The molecule has 1 N–H and O–H groups in total. The van der Waals surface area contributed by atoms with E-state index in [1.165, 1.54) is 0 Å². The number of alkyl halides is 3. The summed E-state index contributed by atoms with van der Waals surface area (Å²) in [6.45, 7) is 0. The summed E-state index contributed by atoms with van der Waals surface area (Å²) in [7, 11) is 0. The molecule has 0 atom stereocenters. The first-order valence-corrected chi connectivity index (χ1v) is 7.89. The minimum absolute atomic E-state index is 0.0693. The van der Waals surface area contributed by atoms with Crippen LogP contribution in [0.15, 0.2) is 79.0 Å². The summed E-state index contributed by atoms with van der Waals surface area (Å²) in [5.41, 5.74) is 0.699. The minimum atomic E-state index is -4.47. The van der Waals surface area contributed by atoms with E-state index in [0.717, 1.165) is 23.3 Å². The molecule has 0 saturated heterocycles. The van der Waals surface area contributed by atoms with Crippen LogP contribution in [-0.2, 0) is 11.0 Å². The van der Waals surface area contributed by atoms with Gasteiger partial charge in [0.05, 0.1) is 11.5 Å². The third-order valence-electron chi connectivity index (χ3n) is 3.87. The summed E-state index contributed by atoms with van der Waals surface area (Å²) in [6, 6.07) is 20.4. The van der Waals surface area contributed by atoms with E-state index >= 15 is 0 Å². The van der Waals surface area contributed by atoms with E-state index in [9.17, 15) is 18.0 Å². The van der Waals surface area contributed by atoms with E-state index < -0.39 is 17.7 Å². The van der Waals surface area contributed by atoms with Crippen molar-refractivity contribution >= 4 is 11.7 Å². The molecule has 3 nitrogen and oxygen atoms in total. The topological polar surface area (TPSA) is 42.0 Å². The smallest absolute Gasteiger partial charge is 0.310 e. The average Bonchev–Trinajstić information content (AvgIpc) is 2.63. The second-order valence-corrected chi connectivity index (χ2v) is 5.67. The standard InChI is InChI=1S/C20H15F3N2O/c21-20(22,23)16-11-12-17(24-13-16)25-19(26)18(14-7-3-1-4-8-14)15-9-5-2-6-10-15/h1-13,18H,(H,24,25,26). The van der Waals surface area contributed by atoms with Crippen molar-refractivity contribution < 1.29 is 18.0 Å². The van der Waals surface area contributed by atoms with Crippen molar-refractivity contribution in [1.29, 1.82) is 0 Å². The number of hydrogen-bond acceptors (Lipinski definition) is 2. The number of amides is 1. The fourth-order valence-electron chi connectivity index (χ4n) is 2.62. The number of halogens is 3. The van der Waals surface area contributed by atoms with Gasteiger partial charge in [0.25, 0.3) is 0 Å². The molecule has 0 radical (unpaired) electrons. The number of hydrogen-bond donors (Lipinski definition) is 1. The summed E-state index contributed by atoms with van der Waals surface area (Å²) in [6.07, 6.45) is -3.76. The molecule has 0 aliphatic heterocycles. The van der Waals surface area contributed by atoms with E-state index in [4.69, 9.17) is 0 Å². The van der Waals surface area contributed by atoms with Gasteiger partial charge in [0.1, 0.15) is 5.82 Å². The fraction of sp³-hybridized carbons (Fsp3) is 0.100. The largest absolute Gasteiger partial charge is 0.417 e. The number of rotatable bonds is 4. The molecule has 1 amide bonds. The highest BCUT2D eigenvalue weighted by atomic mass is 19.4. The van der Waals surface area contributed by atoms with Crippen molar-refractivity contribution in [2.75, 3.05) is 5.32 Å². The molecule has 0 aliphatic rings. The third kappa shape index (κ3) is 4.08. The van der Waals surface area contributed by atoms with Gasteiger partial charge >= 0.3 is 6.18 Å². The Morgan fingerprint density at radius 1 is 0.846 bits per heavy atom. The van der Waals surface area contributed by atoms with E-state index in [-0.39, 0.29) is 11.7 Å². The molecule has 26 heavy (non-hydrogen) atoms. The Kier molecular flexibility index (Phi) is 5.02. The Morgan fingerprint density at radius 2 is 1.38 bits per heavy atom. The Balaban J connectivity index is 1.87. The zero-order valence-corrected chi connectivity index (χ0v) is 13.6.